The zero-order chi connectivity index (χ0) is 31.4. The van der Waals surface area contributed by atoms with Gasteiger partial charge in [0, 0.05) is 43.0 Å². The molecule has 2 aliphatic rings. The summed E-state index contributed by atoms with van der Waals surface area (Å²) in [6.07, 6.45) is 0.740. The monoisotopic (exact) mass is 614 g/mol. The summed E-state index contributed by atoms with van der Waals surface area (Å²) in [6.45, 7) is 0.606. The van der Waals surface area contributed by atoms with Crippen LogP contribution in [-0.2, 0) is 30.1 Å². The lowest BCUT2D eigenvalue weighted by Crippen LogP contribution is -2.42. The van der Waals surface area contributed by atoms with Crippen LogP contribution >= 0.6 is 0 Å². The number of halogens is 5. The molecule has 1 saturated carbocycles. The third kappa shape index (κ3) is 5.77. The molecule has 0 unspecified atom stereocenters. The van der Waals surface area contributed by atoms with Crippen molar-refractivity contribution in [1.82, 2.24) is 34.8 Å². The summed E-state index contributed by atoms with van der Waals surface area (Å²) in [5.74, 6) is 0.0699. The van der Waals surface area contributed by atoms with Crippen molar-refractivity contribution in [2.45, 2.75) is 57.5 Å². The fraction of sp³-hybridized carbons (Fsp3) is 0.379. The molecular formula is C29H27F5N8O2. The SMILES string of the molecule is Cn1cc(C(F)(F)F)nc1-c1ccc(CN2CC(=O)NC(C)(C)c3cnc(-c4c(OC(F)F)ncnc4C4CC4)nc32)cc1. The van der Waals surface area contributed by atoms with E-state index in [4.69, 9.17) is 9.72 Å². The number of carbonyl (C=O) groups excluding carboxylic acids is 1. The number of ether oxygens (including phenoxy) is 1. The topological polar surface area (TPSA) is 111 Å². The number of imidazole rings is 1. The minimum Gasteiger partial charge on any atom is -0.416 e. The number of alkyl halides is 5. The van der Waals surface area contributed by atoms with E-state index in [-0.39, 0.29) is 48.0 Å². The highest BCUT2D eigenvalue weighted by Crippen LogP contribution is 2.46. The number of benzene rings is 1. The maximum Gasteiger partial charge on any atom is 0.434 e. The Hall–Kier alpha value is -4.69. The zero-order valence-electron chi connectivity index (χ0n) is 23.9. The highest BCUT2D eigenvalue weighted by Gasteiger charge is 2.37. The molecular weight excluding hydrogens is 587 g/mol. The third-order valence-electron chi connectivity index (χ3n) is 7.51. The van der Waals surface area contributed by atoms with Crippen molar-refractivity contribution in [2.75, 3.05) is 11.4 Å². The Morgan fingerprint density at radius 1 is 1.09 bits per heavy atom. The molecule has 1 aromatic carbocycles. The van der Waals surface area contributed by atoms with E-state index < -0.39 is 24.0 Å². The first-order valence-electron chi connectivity index (χ1n) is 13.7. The van der Waals surface area contributed by atoms with Crippen molar-refractivity contribution in [2.24, 2.45) is 7.05 Å². The van der Waals surface area contributed by atoms with Crippen molar-refractivity contribution in [1.29, 1.82) is 0 Å². The van der Waals surface area contributed by atoms with Gasteiger partial charge in [-0.15, -0.1) is 0 Å². The molecule has 230 valence electrons. The molecule has 10 nitrogen and oxygen atoms in total. The van der Waals surface area contributed by atoms with Gasteiger partial charge in [0.15, 0.2) is 11.5 Å². The Morgan fingerprint density at radius 2 is 1.82 bits per heavy atom. The second kappa shape index (κ2) is 10.8. The van der Waals surface area contributed by atoms with E-state index in [9.17, 15) is 26.7 Å². The number of hydrogen-bond donors (Lipinski definition) is 1. The largest absolute Gasteiger partial charge is 0.434 e. The molecule has 1 aliphatic heterocycles. The van der Waals surface area contributed by atoms with Crippen LogP contribution in [0.4, 0.5) is 27.8 Å². The number of anilines is 1. The minimum atomic E-state index is -4.57. The van der Waals surface area contributed by atoms with Crippen molar-refractivity contribution in [3.63, 3.8) is 0 Å². The molecule has 1 aliphatic carbocycles. The summed E-state index contributed by atoms with van der Waals surface area (Å²) < 4.78 is 72.2. The Kier molecular flexibility index (Phi) is 7.20. The fourth-order valence-electron chi connectivity index (χ4n) is 5.29. The van der Waals surface area contributed by atoms with Gasteiger partial charge in [-0.2, -0.15) is 22.0 Å². The summed E-state index contributed by atoms with van der Waals surface area (Å²) in [5.41, 5.74) is 0.653. The summed E-state index contributed by atoms with van der Waals surface area (Å²) in [5, 5.41) is 2.97. The number of amides is 1. The van der Waals surface area contributed by atoms with Gasteiger partial charge >= 0.3 is 12.8 Å². The van der Waals surface area contributed by atoms with E-state index in [1.54, 1.807) is 49.2 Å². The smallest absolute Gasteiger partial charge is 0.416 e. The molecule has 4 heterocycles. The lowest BCUT2D eigenvalue weighted by molar-refractivity contribution is -0.140. The lowest BCUT2D eigenvalue weighted by Gasteiger charge is -2.27. The second-order valence-electron chi connectivity index (χ2n) is 11.3. The first-order valence-corrected chi connectivity index (χ1v) is 13.7. The Balaban J connectivity index is 1.38. The summed E-state index contributed by atoms with van der Waals surface area (Å²) in [4.78, 5) is 36.0. The van der Waals surface area contributed by atoms with Gasteiger partial charge in [0.2, 0.25) is 11.8 Å². The molecule has 0 bridgehead atoms. The normalized spacial score (nSPS) is 16.5. The number of aryl methyl sites for hydroxylation is 1. The Labute approximate surface area is 248 Å². The van der Waals surface area contributed by atoms with Crippen LogP contribution in [-0.4, -0.2) is 48.6 Å². The minimum absolute atomic E-state index is 0.0377. The van der Waals surface area contributed by atoms with E-state index in [1.165, 1.54) is 17.9 Å². The number of fused-ring (bicyclic) bond motifs is 1. The number of carbonyl (C=O) groups is 1. The van der Waals surface area contributed by atoms with Crippen molar-refractivity contribution < 1.29 is 31.5 Å². The van der Waals surface area contributed by atoms with Crippen LogP contribution in [0.1, 0.15) is 55.1 Å². The molecule has 1 fully saturated rings. The molecule has 0 saturated heterocycles. The van der Waals surface area contributed by atoms with Crippen LogP contribution in [0.25, 0.3) is 22.8 Å². The predicted octanol–water partition coefficient (Wildman–Crippen LogP) is 5.20. The number of nitrogens with one attached hydrogen (secondary N) is 1. The highest BCUT2D eigenvalue weighted by molar-refractivity contribution is 5.84. The van der Waals surface area contributed by atoms with Crippen molar-refractivity contribution in [3.8, 4) is 28.7 Å². The number of nitrogens with zero attached hydrogens (tertiary/aromatic N) is 7. The van der Waals surface area contributed by atoms with E-state index in [0.717, 1.165) is 24.6 Å². The van der Waals surface area contributed by atoms with Crippen LogP contribution in [0.5, 0.6) is 5.88 Å². The van der Waals surface area contributed by atoms with Gasteiger partial charge in [0.1, 0.15) is 23.5 Å². The fourth-order valence-corrected chi connectivity index (χ4v) is 5.29. The quantitative estimate of drug-likeness (QED) is 0.283. The molecule has 15 heteroatoms. The van der Waals surface area contributed by atoms with Crippen LogP contribution in [0, 0.1) is 0 Å². The molecule has 3 aromatic heterocycles. The number of hydrogen-bond acceptors (Lipinski definition) is 8. The predicted molar refractivity (Wildman–Crippen MR) is 148 cm³/mol. The van der Waals surface area contributed by atoms with Crippen molar-refractivity contribution in [3.05, 3.63) is 65.5 Å². The standard InChI is InChI=1S/C29H27F5N8O2/c1-28(2)18-10-35-23(21-22(16-8-9-16)36-14-37-26(21)44-27(30)31)39-25(18)42(13-20(43)40-28)11-15-4-6-17(7-5-15)24-38-19(12-41(24)3)29(32,33)34/h4-7,10,12,14,16,27H,8-9,11,13H2,1-3H3,(H,40,43). The molecule has 1 N–H and O–H groups in total. The third-order valence-corrected chi connectivity index (χ3v) is 7.51. The molecule has 44 heavy (non-hydrogen) atoms. The van der Waals surface area contributed by atoms with Gasteiger partial charge in [-0.05, 0) is 32.3 Å². The van der Waals surface area contributed by atoms with E-state index in [1.807, 2.05) is 0 Å². The molecule has 0 spiro atoms. The average Bonchev–Trinajstić information content (AvgIpc) is 3.73. The van der Waals surface area contributed by atoms with Crippen LogP contribution in [0.2, 0.25) is 0 Å². The summed E-state index contributed by atoms with van der Waals surface area (Å²) in [7, 11) is 1.49. The molecule has 4 aromatic rings. The average molecular weight is 615 g/mol. The molecule has 0 atom stereocenters. The van der Waals surface area contributed by atoms with E-state index in [2.05, 4.69) is 25.3 Å². The lowest BCUT2D eigenvalue weighted by atomic mass is 9.96. The molecule has 1 amide bonds. The zero-order valence-corrected chi connectivity index (χ0v) is 23.9. The summed E-state index contributed by atoms with van der Waals surface area (Å²) >= 11 is 0. The summed E-state index contributed by atoms with van der Waals surface area (Å²) in [6, 6.07) is 6.78. The first kappa shape index (κ1) is 29.4. The van der Waals surface area contributed by atoms with Gasteiger partial charge in [-0.1, -0.05) is 24.3 Å². The highest BCUT2D eigenvalue weighted by atomic mass is 19.4. The second-order valence-corrected chi connectivity index (χ2v) is 11.3. The van der Waals surface area contributed by atoms with Gasteiger partial charge < -0.3 is 19.5 Å². The van der Waals surface area contributed by atoms with Crippen LogP contribution < -0.4 is 15.0 Å². The van der Waals surface area contributed by atoms with Crippen LogP contribution in [0.15, 0.2) is 43.0 Å². The van der Waals surface area contributed by atoms with Crippen LogP contribution in [0.3, 0.4) is 0 Å². The van der Waals surface area contributed by atoms with Gasteiger partial charge in [0.25, 0.3) is 0 Å². The van der Waals surface area contributed by atoms with Gasteiger partial charge in [-0.25, -0.2) is 24.9 Å². The maximum atomic E-state index is 13.3. The van der Waals surface area contributed by atoms with Crippen molar-refractivity contribution >= 4 is 11.7 Å². The van der Waals surface area contributed by atoms with E-state index >= 15 is 0 Å². The number of aromatic nitrogens is 6. The van der Waals surface area contributed by atoms with E-state index in [0.29, 0.717) is 22.6 Å². The first-order chi connectivity index (χ1) is 20.8. The maximum absolute atomic E-state index is 13.3. The molecule has 6 rings (SSSR count). The Bertz CT molecular complexity index is 1720. The van der Waals surface area contributed by atoms with Gasteiger partial charge in [-0.3, -0.25) is 4.79 Å². The Morgan fingerprint density at radius 3 is 2.45 bits per heavy atom. The number of rotatable bonds is 7. The van der Waals surface area contributed by atoms with Gasteiger partial charge in [0.05, 0.1) is 17.8 Å². The molecule has 0 radical (unpaired) electrons.